The lowest BCUT2D eigenvalue weighted by atomic mass is 10.6. The number of hydrogen-bond acceptors (Lipinski definition) is 1. The molecule has 24 valence electrons. The van der Waals surface area contributed by atoms with Crippen LogP contribution >= 0.6 is 0 Å². The van der Waals surface area contributed by atoms with Gasteiger partial charge in [-0.1, -0.05) is 0 Å². The van der Waals surface area contributed by atoms with Gasteiger partial charge in [-0.05, 0) is 6.92 Å². The van der Waals surface area contributed by atoms with Crippen LogP contribution in [-0.4, -0.2) is 12.7 Å². The molecule has 1 rings (SSSR count). The average Bonchev–Trinajstić information content (AvgIpc) is 1.73. The van der Waals surface area contributed by atoms with Gasteiger partial charge in [0.15, 0.2) is 0 Å². The summed E-state index contributed by atoms with van der Waals surface area (Å²) >= 11 is 0. The highest BCUT2D eigenvalue weighted by atomic mass is 16.6. The van der Waals surface area contributed by atoms with Crippen LogP contribution in [0, 0.1) is 0 Å². The van der Waals surface area contributed by atoms with Gasteiger partial charge in [0.1, 0.15) is 0 Å². The smallest absolute Gasteiger partial charge is 0.0781 e. The van der Waals surface area contributed by atoms with Gasteiger partial charge >= 0.3 is 0 Å². The Morgan fingerprint density at radius 1 is 2.50 bits per heavy atom. The van der Waals surface area contributed by atoms with Crippen molar-refractivity contribution in [2.75, 3.05) is 6.56 Å². The molecule has 1 saturated heterocycles. The Kier molecular flexibility index (Phi) is 0.113. The van der Waals surface area contributed by atoms with Crippen LogP contribution in [0.15, 0.2) is 0 Å². The van der Waals surface area contributed by atoms with E-state index < -0.39 is 6.56 Å². The Bertz CT molecular complexity index is 71.2. The summed E-state index contributed by atoms with van der Waals surface area (Å²) in [7, 11) is 0. The fourth-order valence-electron chi connectivity index (χ4n) is 0.0680. The second-order valence-corrected chi connectivity index (χ2v) is 0.878. The molecule has 0 radical (unpaired) electrons. The van der Waals surface area contributed by atoms with E-state index in [0.29, 0.717) is 0 Å². The van der Waals surface area contributed by atoms with Crippen LogP contribution in [0.25, 0.3) is 0 Å². The molecule has 1 heteroatoms. The van der Waals surface area contributed by atoms with E-state index in [1.54, 1.807) is 6.92 Å². The van der Waals surface area contributed by atoms with Gasteiger partial charge in [-0.25, -0.2) is 0 Å². The number of rotatable bonds is 0. The molecule has 1 atom stereocenters. The zero-order valence-corrected chi connectivity index (χ0v) is 2.49. The Morgan fingerprint density at radius 3 is 2.75 bits per heavy atom. The quantitative estimate of drug-likeness (QED) is 0.369. The third kappa shape index (κ3) is 0.206. The standard InChI is InChI=1S/C3H6O/c1-3-2-4-3/h3H,2H2,1H3/t3-/m0/s1/i2D2. The zero-order valence-electron chi connectivity index (χ0n) is 4.49. The van der Waals surface area contributed by atoms with Crippen molar-refractivity contribution in [1.29, 1.82) is 0 Å². The van der Waals surface area contributed by atoms with Gasteiger partial charge in [-0.2, -0.15) is 0 Å². The van der Waals surface area contributed by atoms with E-state index in [0.717, 1.165) is 0 Å². The molecule has 0 aliphatic carbocycles. The van der Waals surface area contributed by atoms with Gasteiger partial charge in [-0.3, -0.25) is 0 Å². The van der Waals surface area contributed by atoms with Gasteiger partial charge < -0.3 is 4.74 Å². The van der Waals surface area contributed by atoms with Crippen molar-refractivity contribution in [2.45, 2.75) is 13.0 Å². The number of epoxide rings is 1. The van der Waals surface area contributed by atoms with Crippen molar-refractivity contribution >= 4 is 0 Å². The highest BCUT2D eigenvalue weighted by molar-refractivity contribution is 4.58. The number of ether oxygens (including phenoxy) is 1. The van der Waals surface area contributed by atoms with Crippen molar-refractivity contribution in [3.63, 3.8) is 0 Å². The maximum atomic E-state index is 6.70. The lowest BCUT2D eigenvalue weighted by molar-refractivity contribution is 0.423. The maximum absolute atomic E-state index is 6.70. The highest BCUT2D eigenvalue weighted by Gasteiger charge is 2.13. The summed E-state index contributed by atoms with van der Waals surface area (Å²) in [6, 6.07) is 0. The monoisotopic (exact) mass is 60.1 g/mol. The molecule has 1 aliphatic heterocycles. The van der Waals surface area contributed by atoms with E-state index in [2.05, 4.69) is 4.74 Å². The minimum atomic E-state index is -1.29. The van der Waals surface area contributed by atoms with Crippen molar-refractivity contribution in [2.24, 2.45) is 0 Å². The molecule has 1 aliphatic rings. The van der Waals surface area contributed by atoms with Crippen molar-refractivity contribution < 1.29 is 7.48 Å². The fourth-order valence-corrected chi connectivity index (χ4v) is 0.0680. The summed E-state index contributed by atoms with van der Waals surface area (Å²) in [6.45, 7) is 0.417. The third-order valence-corrected chi connectivity index (χ3v) is 0.354. The Hall–Kier alpha value is -0.0400. The molecule has 1 nitrogen and oxygen atoms in total. The molecule has 0 unspecified atom stereocenters. The molecule has 0 bridgehead atoms. The Balaban J connectivity index is 2.41. The summed E-state index contributed by atoms with van der Waals surface area (Å²) < 4.78 is 17.8. The molecule has 0 aromatic heterocycles. The molecular formula is C3H6O. The second-order valence-electron chi connectivity index (χ2n) is 0.878. The molecule has 0 aromatic rings. The first-order valence-electron chi connectivity index (χ1n) is 2.31. The highest BCUT2D eigenvalue weighted by Crippen LogP contribution is 2.04. The molecule has 1 heterocycles. The fraction of sp³-hybridized carbons (Fsp3) is 1.00. The van der Waals surface area contributed by atoms with Crippen LogP contribution in [0.5, 0.6) is 0 Å². The van der Waals surface area contributed by atoms with Crippen molar-refractivity contribution in [1.82, 2.24) is 0 Å². The van der Waals surface area contributed by atoms with Crippen LogP contribution in [0.2, 0.25) is 0 Å². The van der Waals surface area contributed by atoms with E-state index in [-0.39, 0.29) is 6.10 Å². The SMILES string of the molecule is [2H]C1([2H])O[C@H]1C. The first-order valence-corrected chi connectivity index (χ1v) is 1.31. The molecule has 0 aromatic carbocycles. The average molecular weight is 60.1 g/mol. The molecule has 0 amide bonds. The van der Waals surface area contributed by atoms with Gasteiger partial charge in [0.25, 0.3) is 0 Å². The molecule has 4 heavy (non-hydrogen) atoms. The van der Waals surface area contributed by atoms with Crippen LogP contribution in [0.1, 0.15) is 9.67 Å². The zero-order chi connectivity index (χ0) is 4.78. The molecule has 0 saturated carbocycles. The van der Waals surface area contributed by atoms with Crippen LogP contribution in [0.3, 0.4) is 0 Å². The first kappa shape index (κ1) is 0.977. The van der Waals surface area contributed by atoms with Crippen molar-refractivity contribution in [3.05, 3.63) is 0 Å². The Morgan fingerprint density at radius 2 is 2.75 bits per heavy atom. The van der Waals surface area contributed by atoms with Gasteiger partial charge in [0.05, 0.1) is 15.4 Å². The molecule has 1 fully saturated rings. The first-order chi connectivity index (χ1) is 2.63. The summed E-state index contributed by atoms with van der Waals surface area (Å²) in [4.78, 5) is 0. The van der Waals surface area contributed by atoms with Gasteiger partial charge in [-0.15, -0.1) is 0 Å². The molecular weight excluding hydrogens is 52.0 g/mol. The second kappa shape index (κ2) is 0.462. The van der Waals surface area contributed by atoms with Gasteiger partial charge in [0, 0.05) is 0 Å². The van der Waals surface area contributed by atoms with E-state index >= 15 is 0 Å². The topological polar surface area (TPSA) is 12.5 Å². The lowest BCUT2D eigenvalue weighted by Gasteiger charge is -1.50. The summed E-state index contributed by atoms with van der Waals surface area (Å²) in [6.07, 6.45) is -0.169. The summed E-state index contributed by atoms with van der Waals surface area (Å²) in [5.74, 6) is 0. The van der Waals surface area contributed by atoms with E-state index in [4.69, 9.17) is 2.74 Å². The number of hydrogen-bond donors (Lipinski definition) is 0. The van der Waals surface area contributed by atoms with Crippen molar-refractivity contribution in [3.8, 4) is 0 Å². The predicted molar refractivity (Wildman–Crippen MR) is 15.4 cm³/mol. The Labute approximate surface area is 28.4 Å². The van der Waals surface area contributed by atoms with E-state index in [9.17, 15) is 0 Å². The summed E-state index contributed by atoms with van der Waals surface area (Å²) in [5, 5.41) is 0. The molecule has 0 spiro atoms. The summed E-state index contributed by atoms with van der Waals surface area (Å²) in [5.41, 5.74) is 0. The van der Waals surface area contributed by atoms with Crippen LogP contribution in [0.4, 0.5) is 0 Å². The van der Waals surface area contributed by atoms with Crippen LogP contribution in [-0.2, 0) is 4.74 Å². The minimum absolute atomic E-state index is 0.169. The lowest BCUT2D eigenvalue weighted by Crippen LogP contribution is -1.60. The third-order valence-electron chi connectivity index (χ3n) is 0.354. The molecule has 0 N–H and O–H groups in total. The normalized spacial score (nSPS) is 59.8. The van der Waals surface area contributed by atoms with E-state index in [1.165, 1.54) is 0 Å². The predicted octanol–water partition coefficient (Wildman–Crippen LogP) is 0.405. The minimum Gasteiger partial charge on any atom is -0.373 e. The maximum Gasteiger partial charge on any atom is 0.0781 e. The largest absolute Gasteiger partial charge is 0.373 e. The van der Waals surface area contributed by atoms with E-state index in [1.807, 2.05) is 0 Å². The van der Waals surface area contributed by atoms with Gasteiger partial charge in [0.2, 0.25) is 0 Å². The van der Waals surface area contributed by atoms with Crippen LogP contribution < -0.4 is 0 Å².